The highest BCUT2D eigenvalue weighted by atomic mass is 32.2. The average Bonchev–Trinajstić information content (AvgIpc) is 2.78. The number of benzene rings is 2. The molecule has 1 aliphatic carbocycles. The number of sulfonamides is 1. The molecule has 32 heavy (non-hydrogen) atoms. The summed E-state index contributed by atoms with van der Waals surface area (Å²) in [5.41, 5.74) is 6.14. The van der Waals surface area contributed by atoms with Gasteiger partial charge in [0, 0.05) is 6.54 Å². The molecule has 6 heteroatoms. The molecule has 3 rings (SSSR count). The van der Waals surface area contributed by atoms with Crippen LogP contribution in [-0.4, -0.2) is 34.4 Å². The summed E-state index contributed by atoms with van der Waals surface area (Å²) in [7, 11) is -3.42. The predicted octanol–water partition coefficient (Wildman–Crippen LogP) is 4.68. The summed E-state index contributed by atoms with van der Waals surface area (Å²) >= 11 is 0. The summed E-state index contributed by atoms with van der Waals surface area (Å²) < 4.78 is 33.1. The van der Waals surface area contributed by atoms with E-state index in [-0.39, 0.29) is 6.04 Å². The van der Waals surface area contributed by atoms with E-state index in [0.717, 1.165) is 24.0 Å². The fraction of sp³-hybridized carbons (Fsp3) is 0.385. The molecule has 0 heterocycles. The topological polar surface area (TPSA) is 67.4 Å². The van der Waals surface area contributed by atoms with E-state index >= 15 is 0 Å². The number of allylic oxidation sites excluding steroid dienone is 3. The minimum atomic E-state index is -3.42. The van der Waals surface area contributed by atoms with Gasteiger partial charge in [0.1, 0.15) is 0 Å². The van der Waals surface area contributed by atoms with Gasteiger partial charge in [-0.15, -0.1) is 0 Å². The Morgan fingerprint density at radius 3 is 2.06 bits per heavy atom. The highest BCUT2D eigenvalue weighted by molar-refractivity contribution is 7.88. The molecule has 2 aromatic carbocycles. The summed E-state index contributed by atoms with van der Waals surface area (Å²) in [6.45, 7) is 6.15. The maximum absolute atomic E-state index is 12.2. The molecule has 0 aromatic heterocycles. The van der Waals surface area contributed by atoms with E-state index in [1.54, 1.807) is 0 Å². The number of ether oxygens (including phenoxy) is 1. The van der Waals surface area contributed by atoms with Crippen LogP contribution in [0.1, 0.15) is 49.9 Å². The molecular weight excluding hydrogens is 420 g/mol. The van der Waals surface area contributed by atoms with Gasteiger partial charge in [-0.1, -0.05) is 77.9 Å². The second-order valence-electron chi connectivity index (χ2n) is 8.48. The van der Waals surface area contributed by atoms with Crippen molar-refractivity contribution in [1.82, 2.24) is 10.0 Å². The molecule has 0 bridgehead atoms. The van der Waals surface area contributed by atoms with Crippen LogP contribution in [0.4, 0.5) is 0 Å². The molecule has 5 nitrogen and oxygen atoms in total. The molecule has 2 N–H and O–H groups in total. The fourth-order valence-corrected chi connectivity index (χ4v) is 4.68. The van der Waals surface area contributed by atoms with Crippen LogP contribution in [-0.2, 0) is 14.8 Å². The standard InChI is InChI=1S/C26H34N2O3S/c1-20-14-15-22(18-21(20)2)19-31-17-16-27-25(23-10-6-4-7-11-23)26(28-32(3,29)30)24-12-8-5-9-13-24/h4-13,15,25-28H,14,16-19H2,1-3H3/t25-,26?/m1/s1. The van der Waals surface area contributed by atoms with Crippen molar-refractivity contribution in [3.8, 4) is 0 Å². The first-order valence-corrected chi connectivity index (χ1v) is 12.9. The van der Waals surface area contributed by atoms with Gasteiger partial charge in [-0.2, -0.15) is 0 Å². The Bertz CT molecular complexity index is 1030. The van der Waals surface area contributed by atoms with Crippen LogP contribution in [0.3, 0.4) is 0 Å². The largest absolute Gasteiger partial charge is 0.376 e. The summed E-state index contributed by atoms with van der Waals surface area (Å²) in [5.74, 6) is 0. The molecule has 172 valence electrons. The Labute approximate surface area is 192 Å². The lowest BCUT2D eigenvalue weighted by atomic mass is 9.94. The van der Waals surface area contributed by atoms with Crippen molar-refractivity contribution >= 4 is 10.0 Å². The molecule has 2 atom stereocenters. The molecule has 0 aliphatic heterocycles. The van der Waals surface area contributed by atoms with Gasteiger partial charge in [0.05, 0.1) is 31.6 Å². The van der Waals surface area contributed by atoms with Crippen LogP contribution in [0.5, 0.6) is 0 Å². The van der Waals surface area contributed by atoms with Crippen LogP contribution in [0.15, 0.2) is 83.5 Å². The van der Waals surface area contributed by atoms with E-state index in [1.165, 1.54) is 23.0 Å². The lowest BCUT2D eigenvalue weighted by molar-refractivity contribution is 0.152. The SMILES string of the molecule is CC1=C(C)CC(COCCN[C@H](c2ccccc2)C(NS(C)(=O)=O)c2ccccc2)=CC1. The van der Waals surface area contributed by atoms with Gasteiger partial charge >= 0.3 is 0 Å². The minimum Gasteiger partial charge on any atom is -0.376 e. The molecule has 0 saturated heterocycles. The molecule has 0 amide bonds. The zero-order valence-electron chi connectivity index (χ0n) is 19.2. The van der Waals surface area contributed by atoms with Gasteiger partial charge in [-0.3, -0.25) is 0 Å². The molecule has 2 aromatic rings. The second kappa shape index (κ2) is 11.6. The lowest BCUT2D eigenvalue weighted by Gasteiger charge is -2.29. The minimum absolute atomic E-state index is 0.237. The van der Waals surface area contributed by atoms with Crippen molar-refractivity contribution in [2.45, 2.75) is 38.8 Å². The number of rotatable bonds is 11. The fourth-order valence-electron chi connectivity index (χ4n) is 3.94. The first kappa shape index (κ1) is 24.4. The molecule has 0 saturated carbocycles. The third kappa shape index (κ3) is 7.41. The van der Waals surface area contributed by atoms with Gasteiger partial charge in [0.25, 0.3) is 0 Å². The van der Waals surface area contributed by atoms with Crippen molar-refractivity contribution in [1.29, 1.82) is 0 Å². The molecule has 0 spiro atoms. The summed E-state index contributed by atoms with van der Waals surface area (Å²) in [5, 5.41) is 3.53. The predicted molar refractivity (Wildman–Crippen MR) is 131 cm³/mol. The molecule has 1 aliphatic rings. The van der Waals surface area contributed by atoms with E-state index in [2.05, 4.69) is 30.0 Å². The third-order valence-corrected chi connectivity index (χ3v) is 6.49. The van der Waals surface area contributed by atoms with Crippen LogP contribution in [0.2, 0.25) is 0 Å². The maximum Gasteiger partial charge on any atom is 0.209 e. The Morgan fingerprint density at radius 2 is 1.50 bits per heavy atom. The Balaban J connectivity index is 1.67. The Morgan fingerprint density at radius 1 is 0.906 bits per heavy atom. The van der Waals surface area contributed by atoms with Gasteiger partial charge in [-0.25, -0.2) is 13.1 Å². The summed E-state index contributed by atoms with van der Waals surface area (Å²) in [6, 6.07) is 18.9. The number of nitrogens with one attached hydrogen (secondary N) is 2. The third-order valence-electron chi connectivity index (χ3n) is 5.81. The molecular formula is C26H34N2O3S. The lowest BCUT2D eigenvalue weighted by Crippen LogP contribution is -2.39. The Hall–Kier alpha value is -2.25. The van der Waals surface area contributed by atoms with Crippen molar-refractivity contribution in [3.05, 3.63) is 94.6 Å². The van der Waals surface area contributed by atoms with E-state index in [0.29, 0.717) is 19.8 Å². The first-order chi connectivity index (χ1) is 15.3. The summed E-state index contributed by atoms with van der Waals surface area (Å²) in [4.78, 5) is 0. The van der Waals surface area contributed by atoms with Crippen LogP contribution < -0.4 is 10.0 Å². The zero-order valence-corrected chi connectivity index (χ0v) is 20.0. The zero-order chi connectivity index (χ0) is 23.0. The number of hydrogen-bond acceptors (Lipinski definition) is 4. The smallest absolute Gasteiger partial charge is 0.209 e. The van der Waals surface area contributed by atoms with Gasteiger partial charge in [-0.05, 0) is 43.4 Å². The van der Waals surface area contributed by atoms with Gasteiger partial charge in [0.2, 0.25) is 10.0 Å². The van der Waals surface area contributed by atoms with E-state index in [9.17, 15) is 8.42 Å². The quantitative estimate of drug-likeness (QED) is 0.382. The monoisotopic (exact) mass is 454 g/mol. The van der Waals surface area contributed by atoms with Gasteiger partial charge < -0.3 is 10.1 Å². The second-order valence-corrected chi connectivity index (χ2v) is 10.3. The van der Waals surface area contributed by atoms with Crippen molar-refractivity contribution in [2.75, 3.05) is 26.0 Å². The van der Waals surface area contributed by atoms with Crippen molar-refractivity contribution in [3.63, 3.8) is 0 Å². The van der Waals surface area contributed by atoms with Crippen LogP contribution in [0.25, 0.3) is 0 Å². The molecule has 1 unspecified atom stereocenters. The van der Waals surface area contributed by atoms with Crippen molar-refractivity contribution < 1.29 is 13.2 Å². The Kier molecular flexibility index (Phi) is 8.82. The van der Waals surface area contributed by atoms with Crippen LogP contribution in [0, 0.1) is 0 Å². The van der Waals surface area contributed by atoms with Gasteiger partial charge in [0.15, 0.2) is 0 Å². The first-order valence-electron chi connectivity index (χ1n) is 11.0. The molecule has 0 radical (unpaired) electrons. The average molecular weight is 455 g/mol. The highest BCUT2D eigenvalue weighted by Crippen LogP contribution is 2.29. The van der Waals surface area contributed by atoms with Crippen molar-refractivity contribution in [2.24, 2.45) is 0 Å². The van der Waals surface area contributed by atoms with E-state index in [4.69, 9.17) is 4.74 Å². The van der Waals surface area contributed by atoms with Crippen LogP contribution >= 0.6 is 0 Å². The number of hydrogen-bond donors (Lipinski definition) is 2. The molecule has 0 fully saturated rings. The normalized spacial score (nSPS) is 16.5. The summed E-state index contributed by atoms with van der Waals surface area (Å²) in [6.07, 6.45) is 5.46. The van der Waals surface area contributed by atoms with E-state index in [1.807, 2.05) is 60.7 Å². The van der Waals surface area contributed by atoms with E-state index < -0.39 is 16.1 Å². The highest BCUT2D eigenvalue weighted by Gasteiger charge is 2.27. The maximum atomic E-state index is 12.2.